The number of nitrogens with one attached hydrogen (secondary N) is 1. The second-order valence-electron chi connectivity index (χ2n) is 8.76. The van der Waals surface area contributed by atoms with Gasteiger partial charge in [0, 0.05) is 12.6 Å². The average molecular weight is 407 g/mol. The number of nitrogens with zero attached hydrogens (tertiary/aromatic N) is 2. The Morgan fingerprint density at radius 1 is 1.10 bits per heavy atom. The van der Waals surface area contributed by atoms with Gasteiger partial charge in [-0.25, -0.2) is 4.90 Å². The smallest absolute Gasteiger partial charge is 0.294 e. The summed E-state index contributed by atoms with van der Waals surface area (Å²) in [5.74, 6) is -0.832. The number of amides is 2. The molecule has 1 saturated heterocycles. The van der Waals surface area contributed by atoms with E-state index < -0.39 is 4.92 Å². The van der Waals surface area contributed by atoms with Crippen LogP contribution in [0.4, 0.5) is 17.1 Å². The van der Waals surface area contributed by atoms with Crippen LogP contribution in [0.2, 0.25) is 0 Å². The Morgan fingerprint density at radius 2 is 1.83 bits per heavy atom. The second kappa shape index (κ2) is 7.38. The quantitative estimate of drug-likeness (QED) is 0.330. The zero-order valence-electron chi connectivity index (χ0n) is 16.8. The van der Waals surface area contributed by atoms with Gasteiger partial charge in [0.15, 0.2) is 0 Å². The monoisotopic (exact) mass is 407 g/mol. The summed E-state index contributed by atoms with van der Waals surface area (Å²) in [5.41, 5.74) is 2.01. The van der Waals surface area contributed by atoms with Gasteiger partial charge in [-0.3, -0.25) is 19.7 Å². The maximum Gasteiger partial charge on any atom is 0.294 e. The molecule has 4 aliphatic rings. The molecule has 1 aromatic carbocycles. The van der Waals surface area contributed by atoms with E-state index in [1.807, 2.05) is 12.2 Å². The Bertz CT molecular complexity index is 953. The van der Waals surface area contributed by atoms with Gasteiger partial charge < -0.3 is 5.32 Å². The highest BCUT2D eigenvalue weighted by Gasteiger charge is 2.59. The van der Waals surface area contributed by atoms with Gasteiger partial charge in [0.05, 0.1) is 22.4 Å². The molecular weight excluding hydrogens is 382 g/mol. The zero-order chi connectivity index (χ0) is 20.8. The Kier molecular flexibility index (Phi) is 4.68. The van der Waals surface area contributed by atoms with Crippen LogP contribution in [0.5, 0.6) is 0 Å². The van der Waals surface area contributed by atoms with Crippen LogP contribution in [0, 0.1) is 33.8 Å². The maximum absolute atomic E-state index is 13.0. The molecule has 7 nitrogen and oxygen atoms in total. The maximum atomic E-state index is 13.0. The van der Waals surface area contributed by atoms with Crippen LogP contribution < -0.4 is 10.2 Å². The molecule has 0 radical (unpaired) electrons. The Morgan fingerprint density at radius 3 is 2.47 bits per heavy atom. The van der Waals surface area contributed by atoms with E-state index in [0.717, 1.165) is 25.7 Å². The van der Waals surface area contributed by atoms with Crippen molar-refractivity contribution in [3.63, 3.8) is 0 Å². The molecule has 2 fully saturated rings. The molecule has 7 heteroatoms. The highest BCUT2D eigenvalue weighted by Crippen LogP contribution is 2.53. The SMILES string of the molecule is O=C1[C@@H]2[C@@H](C(=O)N1c1ccc(NCCC3=CCCCC3)c([N+](=O)[O-])c1)[C@H]1C=C[C@H]2C1. The molecule has 156 valence electrons. The third-order valence-corrected chi connectivity index (χ3v) is 7.05. The summed E-state index contributed by atoms with van der Waals surface area (Å²) >= 11 is 0. The highest BCUT2D eigenvalue weighted by atomic mass is 16.6. The fourth-order valence-corrected chi connectivity index (χ4v) is 5.61. The third-order valence-electron chi connectivity index (χ3n) is 7.05. The molecule has 4 atom stereocenters. The van der Waals surface area contributed by atoms with Crippen molar-refractivity contribution in [3.8, 4) is 0 Å². The van der Waals surface area contributed by atoms with Crippen LogP contribution >= 0.6 is 0 Å². The summed E-state index contributed by atoms with van der Waals surface area (Å²) in [6.45, 7) is 0.618. The number of fused-ring (bicyclic) bond motifs is 5. The molecule has 5 rings (SSSR count). The van der Waals surface area contributed by atoms with Crippen molar-refractivity contribution in [2.75, 3.05) is 16.8 Å². The number of anilines is 2. The number of allylic oxidation sites excluding steroid dienone is 3. The highest BCUT2D eigenvalue weighted by molar-refractivity contribution is 6.23. The number of nitro groups is 1. The summed E-state index contributed by atoms with van der Waals surface area (Å²) < 4.78 is 0. The van der Waals surface area contributed by atoms with Crippen molar-refractivity contribution >= 4 is 28.9 Å². The molecule has 2 amide bonds. The molecule has 1 saturated carbocycles. The molecule has 30 heavy (non-hydrogen) atoms. The molecule has 0 spiro atoms. The van der Waals surface area contributed by atoms with Gasteiger partial charge in [-0.1, -0.05) is 23.8 Å². The van der Waals surface area contributed by atoms with Crippen molar-refractivity contribution in [1.82, 2.24) is 0 Å². The van der Waals surface area contributed by atoms with Crippen molar-refractivity contribution in [2.24, 2.45) is 23.7 Å². The lowest BCUT2D eigenvalue weighted by Gasteiger charge is -2.18. The van der Waals surface area contributed by atoms with E-state index in [9.17, 15) is 19.7 Å². The Labute approximate surface area is 175 Å². The minimum Gasteiger partial charge on any atom is -0.379 e. The Balaban J connectivity index is 1.35. The number of benzene rings is 1. The zero-order valence-corrected chi connectivity index (χ0v) is 16.8. The second-order valence-corrected chi connectivity index (χ2v) is 8.76. The van der Waals surface area contributed by atoms with E-state index in [1.54, 1.807) is 12.1 Å². The van der Waals surface area contributed by atoms with Gasteiger partial charge in [0.1, 0.15) is 5.69 Å². The van der Waals surface area contributed by atoms with Crippen LogP contribution in [-0.4, -0.2) is 23.3 Å². The van der Waals surface area contributed by atoms with Crippen molar-refractivity contribution < 1.29 is 14.5 Å². The number of carbonyl (C=O) groups is 2. The van der Waals surface area contributed by atoms with Crippen LogP contribution in [0.15, 0.2) is 42.0 Å². The molecule has 0 unspecified atom stereocenters. The van der Waals surface area contributed by atoms with Crippen molar-refractivity contribution in [3.05, 3.63) is 52.1 Å². The van der Waals surface area contributed by atoms with Crippen molar-refractivity contribution in [2.45, 2.75) is 38.5 Å². The standard InChI is InChI=1S/C23H25N3O4/c27-22-20-15-6-7-16(12-15)21(20)23(28)25(22)17-8-9-18(19(13-17)26(29)30)24-11-10-14-4-2-1-3-5-14/h4,6-9,13,15-16,20-21,24H,1-3,5,10-12H2/t15-,16-,20-,21-/m0/s1. The van der Waals surface area contributed by atoms with Crippen LogP contribution in [0.25, 0.3) is 0 Å². The van der Waals surface area contributed by atoms with E-state index in [0.29, 0.717) is 17.9 Å². The van der Waals surface area contributed by atoms with Gasteiger partial charge >= 0.3 is 0 Å². The normalized spacial score (nSPS) is 29.3. The summed E-state index contributed by atoms with van der Waals surface area (Å²) in [6, 6.07) is 4.61. The lowest BCUT2D eigenvalue weighted by molar-refractivity contribution is -0.383. The molecule has 1 N–H and O–H groups in total. The summed E-state index contributed by atoms with van der Waals surface area (Å²) in [6.07, 6.45) is 12.7. The lowest BCUT2D eigenvalue weighted by atomic mass is 9.85. The molecule has 1 aromatic rings. The van der Waals surface area contributed by atoms with Gasteiger partial charge in [0.2, 0.25) is 11.8 Å². The van der Waals surface area contributed by atoms with E-state index in [4.69, 9.17) is 0 Å². The first kappa shape index (κ1) is 19.0. The molecule has 1 aliphatic heterocycles. The van der Waals surface area contributed by atoms with Crippen LogP contribution in [0.3, 0.4) is 0 Å². The van der Waals surface area contributed by atoms with Gasteiger partial charge in [-0.15, -0.1) is 0 Å². The molecule has 3 aliphatic carbocycles. The fourth-order valence-electron chi connectivity index (χ4n) is 5.61. The number of imide groups is 1. The number of hydrogen-bond donors (Lipinski definition) is 1. The first-order chi connectivity index (χ1) is 14.5. The van der Waals surface area contributed by atoms with Crippen LogP contribution in [-0.2, 0) is 9.59 Å². The Hall–Kier alpha value is -2.96. The largest absolute Gasteiger partial charge is 0.379 e. The van der Waals surface area contributed by atoms with Gasteiger partial charge in [-0.05, 0) is 62.5 Å². The number of nitro benzene ring substituents is 1. The van der Waals surface area contributed by atoms with Gasteiger partial charge in [-0.2, -0.15) is 0 Å². The van der Waals surface area contributed by atoms with E-state index in [2.05, 4.69) is 11.4 Å². The third kappa shape index (κ3) is 3.04. The van der Waals surface area contributed by atoms with E-state index in [1.165, 1.54) is 29.4 Å². The minimum absolute atomic E-state index is 0.108. The lowest BCUT2D eigenvalue weighted by Crippen LogP contribution is -2.32. The molecule has 2 bridgehead atoms. The molecule has 0 aromatic heterocycles. The van der Waals surface area contributed by atoms with Gasteiger partial charge in [0.25, 0.3) is 5.69 Å². The van der Waals surface area contributed by atoms with Crippen LogP contribution in [0.1, 0.15) is 38.5 Å². The molecule has 1 heterocycles. The fraction of sp³-hybridized carbons (Fsp3) is 0.478. The van der Waals surface area contributed by atoms with E-state index in [-0.39, 0.29) is 41.2 Å². The number of rotatable bonds is 6. The molecular formula is C23H25N3O4. The number of hydrogen-bond acceptors (Lipinski definition) is 5. The summed E-state index contributed by atoms with van der Waals surface area (Å²) in [7, 11) is 0. The summed E-state index contributed by atoms with van der Waals surface area (Å²) in [4.78, 5) is 38.4. The van der Waals surface area contributed by atoms with E-state index >= 15 is 0 Å². The topological polar surface area (TPSA) is 92.6 Å². The predicted octanol–water partition coefficient (Wildman–Crippen LogP) is 4.21. The first-order valence-corrected chi connectivity index (χ1v) is 10.8. The summed E-state index contributed by atoms with van der Waals surface area (Å²) in [5, 5.41) is 14.8. The predicted molar refractivity (Wildman–Crippen MR) is 113 cm³/mol. The van der Waals surface area contributed by atoms with Crippen molar-refractivity contribution in [1.29, 1.82) is 0 Å². The number of carbonyl (C=O) groups excluding carboxylic acids is 2. The average Bonchev–Trinajstić information content (AvgIpc) is 3.43. The minimum atomic E-state index is -0.456. The first-order valence-electron chi connectivity index (χ1n) is 10.8.